The lowest BCUT2D eigenvalue weighted by Crippen LogP contribution is -2.11. The summed E-state index contributed by atoms with van der Waals surface area (Å²) in [5.41, 5.74) is 1.65. The zero-order valence-corrected chi connectivity index (χ0v) is 14.3. The minimum Gasteiger partial charge on any atom is -0.262 e. The van der Waals surface area contributed by atoms with E-state index in [-0.39, 0.29) is 10.2 Å². The van der Waals surface area contributed by atoms with Gasteiger partial charge >= 0.3 is 0 Å². The van der Waals surface area contributed by atoms with E-state index < -0.39 is 10.0 Å². The first-order valence-electron chi connectivity index (χ1n) is 7.32. The molecule has 4 aromatic rings. The minimum absolute atomic E-state index is 0.0957. The fourth-order valence-corrected chi connectivity index (χ4v) is 4.16. The second-order valence-corrected chi connectivity index (χ2v) is 7.41. The quantitative estimate of drug-likeness (QED) is 0.516. The molecule has 3 heterocycles. The third kappa shape index (κ3) is 2.67. The van der Waals surface area contributed by atoms with Crippen LogP contribution in [0.2, 0.25) is 5.28 Å². The van der Waals surface area contributed by atoms with Gasteiger partial charge in [-0.1, -0.05) is 18.2 Å². The molecule has 0 aliphatic heterocycles. The van der Waals surface area contributed by atoms with Gasteiger partial charge in [-0.25, -0.2) is 22.4 Å². The molecule has 0 bridgehead atoms. The van der Waals surface area contributed by atoms with Crippen molar-refractivity contribution in [2.24, 2.45) is 0 Å². The van der Waals surface area contributed by atoms with Gasteiger partial charge in [0.05, 0.1) is 22.3 Å². The van der Waals surface area contributed by atoms with Gasteiger partial charge in [-0.15, -0.1) is 0 Å². The SMILES string of the molecule is O=S(=O)(c1ccccc1)n1cc(-c2ccnc(Cl)n2)c2ccncc21. The summed E-state index contributed by atoms with van der Waals surface area (Å²) in [4.78, 5) is 12.3. The van der Waals surface area contributed by atoms with Crippen LogP contribution >= 0.6 is 11.6 Å². The molecule has 0 amide bonds. The number of halogens is 1. The standard InChI is InChI=1S/C17H11ClN4O2S/c18-17-20-9-7-15(21-17)14-11-22(16-10-19-8-6-13(14)16)25(23,24)12-4-2-1-3-5-12/h1-11H. The Bertz CT molecular complexity index is 1170. The molecule has 25 heavy (non-hydrogen) atoms. The van der Waals surface area contributed by atoms with E-state index in [1.165, 1.54) is 22.6 Å². The molecule has 8 heteroatoms. The summed E-state index contributed by atoms with van der Waals surface area (Å²) < 4.78 is 27.3. The predicted molar refractivity (Wildman–Crippen MR) is 94.8 cm³/mol. The van der Waals surface area contributed by atoms with Gasteiger partial charge in [0.2, 0.25) is 5.28 Å². The zero-order valence-electron chi connectivity index (χ0n) is 12.7. The van der Waals surface area contributed by atoms with Crippen molar-refractivity contribution < 1.29 is 8.42 Å². The summed E-state index contributed by atoms with van der Waals surface area (Å²) in [5, 5.41) is 0.808. The summed E-state index contributed by atoms with van der Waals surface area (Å²) in [6, 6.07) is 11.7. The Morgan fingerprint density at radius 1 is 1.00 bits per heavy atom. The van der Waals surface area contributed by atoms with E-state index in [0.717, 1.165) is 0 Å². The van der Waals surface area contributed by atoms with E-state index in [1.54, 1.807) is 48.7 Å². The lowest BCUT2D eigenvalue weighted by molar-refractivity contribution is 0.589. The minimum atomic E-state index is -3.76. The Balaban J connectivity index is 2.01. The Morgan fingerprint density at radius 3 is 2.56 bits per heavy atom. The van der Waals surface area contributed by atoms with Crippen LogP contribution in [0.15, 0.2) is 72.1 Å². The van der Waals surface area contributed by atoms with Crippen LogP contribution in [0.4, 0.5) is 0 Å². The Morgan fingerprint density at radius 2 is 1.80 bits per heavy atom. The van der Waals surface area contributed by atoms with Crippen LogP contribution in [-0.2, 0) is 10.0 Å². The third-order valence-corrected chi connectivity index (χ3v) is 5.65. The number of benzene rings is 1. The highest BCUT2D eigenvalue weighted by molar-refractivity contribution is 7.90. The second kappa shape index (κ2) is 5.94. The first-order valence-corrected chi connectivity index (χ1v) is 9.14. The maximum Gasteiger partial charge on any atom is 0.268 e. The number of pyridine rings is 1. The fraction of sp³-hybridized carbons (Fsp3) is 0. The highest BCUT2D eigenvalue weighted by Crippen LogP contribution is 2.31. The molecule has 0 atom stereocenters. The molecule has 3 aromatic heterocycles. The van der Waals surface area contributed by atoms with Crippen molar-refractivity contribution in [1.29, 1.82) is 0 Å². The molecule has 0 fully saturated rings. The molecule has 0 saturated carbocycles. The molecule has 0 spiro atoms. The van der Waals surface area contributed by atoms with Crippen molar-refractivity contribution in [3.63, 3.8) is 0 Å². The molecule has 0 N–H and O–H groups in total. The lowest BCUT2D eigenvalue weighted by atomic mass is 10.1. The average Bonchev–Trinajstić information content (AvgIpc) is 3.03. The van der Waals surface area contributed by atoms with Gasteiger partial charge < -0.3 is 0 Å². The van der Waals surface area contributed by atoms with Gasteiger partial charge in [-0.2, -0.15) is 0 Å². The average molecular weight is 371 g/mol. The second-order valence-electron chi connectivity index (χ2n) is 5.26. The number of aromatic nitrogens is 4. The highest BCUT2D eigenvalue weighted by atomic mass is 35.5. The maximum absolute atomic E-state index is 13.0. The molecular weight excluding hydrogens is 360 g/mol. The molecule has 0 saturated heterocycles. The molecule has 4 rings (SSSR count). The van der Waals surface area contributed by atoms with E-state index >= 15 is 0 Å². The van der Waals surface area contributed by atoms with Crippen molar-refractivity contribution in [3.05, 3.63) is 72.5 Å². The summed E-state index contributed by atoms with van der Waals surface area (Å²) in [6.45, 7) is 0. The summed E-state index contributed by atoms with van der Waals surface area (Å²) in [7, 11) is -3.76. The van der Waals surface area contributed by atoms with E-state index in [2.05, 4.69) is 15.0 Å². The number of fused-ring (bicyclic) bond motifs is 1. The lowest BCUT2D eigenvalue weighted by Gasteiger charge is -2.06. The van der Waals surface area contributed by atoms with Crippen molar-refractivity contribution in [1.82, 2.24) is 18.9 Å². The Kier molecular flexibility index (Phi) is 3.74. The molecule has 0 unspecified atom stereocenters. The fourth-order valence-electron chi connectivity index (χ4n) is 2.64. The van der Waals surface area contributed by atoms with Gasteiger partial charge in [0.1, 0.15) is 0 Å². The predicted octanol–water partition coefficient (Wildman–Crippen LogP) is 3.38. The van der Waals surface area contributed by atoms with Crippen LogP contribution < -0.4 is 0 Å². The highest BCUT2D eigenvalue weighted by Gasteiger charge is 2.22. The molecule has 124 valence electrons. The first-order chi connectivity index (χ1) is 12.1. The number of hydrogen-bond acceptors (Lipinski definition) is 5. The van der Waals surface area contributed by atoms with Gasteiger partial charge in [-0.05, 0) is 35.9 Å². The zero-order chi connectivity index (χ0) is 17.4. The monoisotopic (exact) mass is 370 g/mol. The first kappa shape index (κ1) is 15.7. The van der Waals surface area contributed by atoms with Crippen molar-refractivity contribution in [2.45, 2.75) is 4.90 Å². The number of rotatable bonds is 3. The van der Waals surface area contributed by atoms with E-state index in [9.17, 15) is 8.42 Å². The summed E-state index contributed by atoms with van der Waals surface area (Å²) in [6.07, 6.45) is 6.18. The number of hydrogen-bond donors (Lipinski definition) is 0. The van der Waals surface area contributed by atoms with Crippen LogP contribution in [0, 0.1) is 0 Å². The van der Waals surface area contributed by atoms with Crippen molar-refractivity contribution >= 4 is 32.5 Å². The normalized spacial score (nSPS) is 11.7. The van der Waals surface area contributed by atoms with Crippen LogP contribution in [0.3, 0.4) is 0 Å². The van der Waals surface area contributed by atoms with Crippen LogP contribution in [0.5, 0.6) is 0 Å². The molecule has 1 aromatic carbocycles. The van der Waals surface area contributed by atoms with E-state index in [0.29, 0.717) is 22.2 Å². The Hall–Kier alpha value is -2.77. The van der Waals surface area contributed by atoms with Crippen LogP contribution in [0.1, 0.15) is 0 Å². The van der Waals surface area contributed by atoms with Gasteiger partial charge in [0, 0.05) is 29.5 Å². The number of nitrogens with zero attached hydrogens (tertiary/aromatic N) is 4. The maximum atomic E-state index is 13.0. The van der Waals surface area contributed by atoms with Crippen molar-refractivity contribution in [2.75, 3.05) is 0 Å². The summed E-state index contributed by atoms with van der Waals surface area (Å²) in [5.74, 6) is 0. The molecule has 0 radical (unpaired) electrons. The molecule has 0 aliphatic rings. The molecular formula is C17H11ClN4O2S. The largest absolute Gasteiger partial charge is 0.268 e. The van der Waals surface area contributed by atoms with Gasteiger partial charge in [-0.3, -0.25) is 4.98 Å². The van der Waals surface area contributed by atoms with Gasteiger partial charge in [0.15, 0.2) is 0 Å². The van der Waals surface area contributed by atoms with Crippen LogP contribution in [0.25, 0.3) is 22.2 Å². The van der Waals surface area contributed by atoms with E-state index in [1.807, 2.05) is 0 Å². The molecule has 6 nitrogen and oxygen atoms in total. The van der Waals surface area contributed by atoms with Crippen molar-refractivity contribution in [3.8, 4) is 11.3 Å². The van der Waals surface area contributed by atoms with Crippen LogP contribution in [-0.4, -0.2) is 27.3 Å². The van der Waals surface area contributed by atoms with Gasteiger partial charge in [0.25, 0.3) is 10.0 Å². The Labute approximate surface area is 148 Å². The van der Waals surface area contributed by atoms with E-state index in [4.69, 9.17) is 11.6 Å². The topological polar surface area (TPSA) is 77.7 Å². The summed E-state index contributed by atoms with van der Waals surface area (Å²) >= 11 is 5.88. The smallest absolute Gasteiger partial charge is 0.262 e. The third-order valence-electron chi connectivity index (χ3n) is 3.78. The molecule has 0 aliphatic carbocycles.